The third-order valence-electron chi connectivity index (χ3n) is 15.1. The minimum atomic E-state index is -1.92. The molecule has 0 unspecified atom stereocenters. The highest BCUT2D eigenvalue weighted by Gasteiger charge is 2.42. The number of primary amides is 1. The summed E-state index contributed by atoms with van der Waals surface area (Å²) in [7, 11) is 0. The van der Waals surface area contributed by atoms with E-state index in [0.717, 1.165) is 4.90 Å². The van der Waals surface area contributed by atoms with E-state index >= 15 is 0 Å². The van der Waals surface area contributed by atoms with Gasteiger partial charge in [-0.15, -0.1) is 0 Å². The summed E-state index contributed by atoms with van der Waals surface area (Å²) in [6, 6.07) is -12.0. The number of aliphatic carboxylic acids is 2. The second-order valence-corrected chi connectivity index (χ2v) is 23.3. The van der Waals surface area contributed by atoms with Crippen LogP contribution in [0.15, 0.2) is 34.3 Å². The van der Waals surface area contributed by atoms with Crippen molar-refractivity contribution >= 4 is 88.8 Å². The zero-order chi connectivity index (χ0) is 71.6. The Hall–Kier alpha value is -9.49. The van der Waals surface area contributed by atoms with Crippen molar-refractivity contribution in [2.24, 2.45) is 62.0 Å². The molecule has 1 aromatic rings. The number of amides is 11. The molecule has 1 saturated heterocycles. The van der Waals surface area contributed by atoms with Gasteiger partial charge in [0.15, 0.2) is 11.9 Å². The first-order chi connectivity index (χ1) is 44.8. The van der Waals surface area contributed by atoms with Gasteiger partial charge in [0.1, 0.15) is 66.2 Å². The summed E-state index contributed by atoms with van der Waals surface area (Å²) in [4.78, 5) is 185. The molecule has 95 heavy (non-hydrogen) atoms. The van der Waals surface area contributed by atoms with Crippen molar-refractivity contribution in [3.05, 3.63) is 29.8 Å². The normalized spacial score (nSPS) is 16.1. The molecule has 0 bridgehead atoms. The fourth-order valence-corrected chi connectivity index (χ4v) is 9.79. The van der Waals surface area contributed by atoms with E-state index in [1.165, 1.54) is 24.3 Å². The van der Waals surface area contributed by atoms with Crippen LogP contribution in [0.5, 0.6) is 5.75 Å². The summed E-state index contributed by atoms with van der Waals surface area (Å²) in [5.74, 6) is -16.0. The first kappa shape index (κ1) is 81.6. The molecule has 11 amide bonds. The lowest BCUT2D eigenvalue weighted by Crippen LogP contribution is -2.62. The van der Waals surface area contributed by atoms with Crippen molar-refractivity contribution in [1.29, 1.82) is 0 Å². The summed E-state index contributed by atoms with van der Waals surface area (Å²) in [6.07, 6.45) is -1.26. The Bertz CT molecular complexity index is 2840. The first-order valence-corrected chi connectivity index (χ1v) is 31.1. The molecule has 37 nitrogen and oxygen atoms in total. The van der Waals surface area contributed by atoms with Gasteiger partial charge in [0.2, 0.25) is 65.0 Å². The Kier molecular flexibility index (Phi) is 36.0. The molecule has 1 fully saturated rings. The van der Waals surface area contributed by atoms with Crippen LogP contribution >= 0.6 is 0 Å². The zero-order valence-electron chi connectivity index (χ0n) is 53.9. The smallest absolute Gasteiger partial charge is 0.326 e. The topological polar surface area (TPSA) is 641 Å². The summed E-state index contributed by atoms with van der Waals surface area (Å²) in [5.41, 5.74) is 39.0. The predicted molar refractivity (Wildman–Crippen MR) is 341 cm³/mol. The van der Waals surface area contributed by atoms with Gasteiger partial charge in [-0.3, -0.25) is 67.5 Å². The number of rotatable bonds is 44. The molecule has 0 saturated carbocycles. The van der Waals surface area contributed by atoms with Crippen LogP contribution < -0.4 is 88.0 Å². The van der Waals surface area contributed by atoms with Crippen molar-refractivity contribution in [2.75, 3.05) is 39.4 Å². The lowest BCUT2D eigenvalue weighted by atomic mass is 9.96. The molecule has 2 rings (SSSR count). The molecule has 0 aliphatic carbocycles. The number of carbonyl (C=O) groups excluding carboxylic acids is 11. The molecule has 1 heterocycles. The zero-order valence-corrected chi connectivity index (χ0v) is 53.9. The molecule has 532 valence electrons. The second kappa shape index (κ2) is 42.0. The number of nitrogens with zero attached hydrogens (tertiary/aromatic N) is 3. The Labute approximate surface area is 548 Å². The lowest BCUT2D eigenvalue weighted by Gasteiger charge is -2.32. The average Bonchev–Trinajstić information content (AvgIpc) is 1.81. The Morgan fingerprint density at radius 1 is 0.568 bits per heavy atom. The molecule has 1 aliphatic rings. The van der Waals surface area contributed by atoms with E-state index in [1.54, 1.807) is 13.8 Å². The van der Waals surface area contributed by atoms with Crippen LogP contribution in [0.1, 0.15) is 117 Å². The number of unbranched alkanes of at least 4 members (excludes halogenated alkanes) is 1. The predicted octanol–water partition coefficient (Wildman–Crippen LogP) is -7.64. The molecule has 0 aromatic heterocycles. The van der Waals surface area contributed by atoms with Gasteiger partial charge >= 0.3 is 11.9 Å². The maximum atomic E-state index is 14.5. The Morgan fingerprint density at radius 2 is 1.02 bits per heavy atom. The monoisotopic (exact) mass is 1350 g/mol. The van der Waals surface area contributed by atoms with E-state index in [4.69, 9.17) is 40.1 Å². The fourth-order valence-electron chi connectivity index (χ4n) is 9.79. The van der Waals surface area contributed by atoms with E-state index in [9.17, 15) is 87.9 Å². The number of guanidine groups is 2. The highest BCUT2D eigenvalue weighted by atomic mass is 16.4. The van der Waals surface area contributed by atoms with Crippen LogP contribution in [0.2, 0.25) is 0 Å². The van der Waals surface area contributed by atoms with Gasteiger partial charge in [0, 0.05) is 26.1 Å². The number of phenols is 1. The van der Waals surface area contributed by atoms with E-state index in [0.29, 0.717) is 18.4 Å². The minimum Gasteiger partial charge on any atom is -0.508 e. The third-order valence-corrected chi connectivity index (χ3v) is 15.1. The van der Waals surface area contributed by atoms with Crippen molar-refractivity contribution < 1.29 is 87.9 Å². The van der Waals surface area contributed by atoms with Gasteiger partial charge in [-0.25, -0.2) is 4.79 Å². The highest BCUT2D eigenvalue weighted by molar-refractivity contribution is 6.00. The molecule has 0 spiro atoms. The number of nitrogens with one attached hydrogen (secondary N) is 9. The molecule has 0 radical (unpaired) electrons. The maximum absolute atomic E-state index is 14.5. The first-order valence-electron chi connectivity index (χ1n) is 31.1. The number of phenolic OH excluding ortho intramolecular Hbond substituents is 1. The number of likely N-dealkylation sites (tertiary alicyclic amines) is 1. The second-order valence-electron chi connectivity index (χ2n) is 23.3. The van der Waals surface area contributed by atoms with Gasteiger partial charge in [-0.2, -0.15) is 0 Å². The van der Waals surface area contributed by atoms with Gasteiger partial charge in [-0.1, -0.05) is 46.2 Å². The largest absolute Gasteiger partial charge is 0.508 e. The number of aliphatic hydroxyl groups is 2. The number of benzene rings is 1. The SMILES string of the molecule is CC[C@H](C)[C@H](NC(=O)[C@@H]1CCCN1C(=O)[C@H](CC(=O)O)NC(=O)[C@H](CCCN=C(N)N)NC(=O)[C@H](CO)NC(=O)[C@H](CCCN=C(N)N)NC(=O)[C@@H](N)CC(C)C)C(=O)N[C@@H](Cc1ccc(O)cc1)C(=O)N[C@@H](CO)C(=O)N[C@@H](CC(N)=O)C(=O)N[C@@H](CCCCN)C(=O)O. The Morgan fingerprint density at radius 3 is 1.49 bits per heavy atom. The van der Waals surface area contributed by atoms with Gasteiger partial charge in [-0.05, 0) is 100 Å². The molecular weight excluding hydrogens is 1250 g/mol. The minimum absolute atomic E-state index is 0.00203. The lowest BCUT2D eigenvalue weighted by molar-refractivity contribution is -0.146. The van der Waals surface area contributed by atoms with Crippen LogP contribution in [-0.2, 0) is 68.7 Å². The molecule has 1 aliphatic heterocycles. The van der Waals surface area contributed by atoms with Crippen LogP contribution in [-0.4, -0.2) is 225 Å². The van der Waals surface area contributed by atoms with Crippen molar-refractivity contribution in [3.8, 4) is 5.75 Å². The molecule has 12 atom stereocenters. The summed E-state index contributed by atoms with van der Waals surface area (Å²) < 4.78 is 0. The maximum Gasteiger partial charge on any atom is 0.326 e. The summed E-state index contributed by atoms with van der Waals surface area (Å²) in [5, 5.41) is 72.0. The molecule has 37 heteroatoms. The van der Waals surface area contributed by atoms with Gasteiger partial charge < -0.3 is 118 Å². The van der Waals surface area contributed by atoms with E-state index in [2.05, 4.69) is 57.8 Å². The van der Waals surface area contributed by atoms with Gasteiger partial charge in [0.25, 0.3) is 0 Å². The fraction of sp³-hybridized carbons (Fsp3) is 0.638. The number of carbonyl (C=O) groups is 13. The van der Waals surface area contributed by atoms with E-state index in [1.807, 2.05) is 13.8 Å². The number of aliphatic imine (C=N–C) groups is 2. The molecular formula is C58H97N19O18. The number of hydrogen-bond acceptors (Lipinski definition) is 20. The van der Waals surface area contributed by atoms with Crippen molar-refractivity contribution in [1.82, 2.24) is 52.8 Å². The number of aliphatic hydroxyl groups excluding tert-OH is 2. The highest BCUT2D eigenvalue weighted by Crippen LogP contribution is 2.22. The van der Waals surface area contributed by atoms with Gasteiger partial charge in [0.05, 0.1) is 32.1 Å². The Balaban J connectivity index is 2.48. The number of carboxylic acid groups (broad SMARTS) is 2. The standard InChI is InChI=1S/C58H97N19O18/c1-5-30(4)45(54(92)72-37(24-31-15-17-32(80)18-16-31)49(87)75-41(28-79)52(90)71-38(25-43(61)81)50(88)70-36(56(94)95)11-6-7-19-59)76-53(91)42-14-10-22-77(42)55(93)39(26-44(82)83)73-47(85)35(13-9-21-67-58(64)65)69-51(89)40(27-78)74-48(86)34(12-8-20-66-57(62)63)68-46(84)33(60)23-29(2)3/h15-18,29-30,33-42,45,78-80H,5-14,19-28,59-60H2,1-4H3,(H2,61,81)(H,68,84)(H,69,89)(H,70,88)(H,71,90)(H,72,92)(H,73,85)(H,74,86)(H,75,87)(H,76,91)(H,82,83)(H,94,95)(H4,62,63,66)(H4,64,65,67)/t30-,33-,34-,35-,36-,37-,38-,39-,40-,41-,42-,45-/m0/s1. The average molecular weight is 1350 g/mol. The quantitative estimate of drug-likeness (QED) is 0.0164. The number of aromatic hydroxyl groups is 1. The van der Waals surface area contributed by atoms with Crippen LogP contribution in [0.25, 0.3) is 0 Å². The van der Waals surface area contributed by atoms with Crippen LogP contribution in [0.3, 0.4) is 0 Å². The number of carboxylic acids is 2. The summed E-state index contributed by atoms with van der Waals surface area (Å²) in [6.45, 7) is 4.73. The van der Waals surface area contributed by atoms with Crippen LogP contribution in [0.4, 0.5) is 0 Å². The molecule has 1 aromatic carbocycles. The van der Waals surface area contributed by atoms with Crippen LogP contribution in [0, 0.1) is 11.8 Å². The van der Waals surface area contributed by atoms with E-state index < -0.39 is 175 Å². The third kappa shape index (κ3) is 29.6. The summed E-state index contributed by atoms with van der Waals surface area (Å²) >= 11 is 0. The molecule has 28 N–H and O–H groups in total. The van der Waals surface area contributed by atoms with Crippen molar-refractivity contribution in [2.45, 2.75) is 184 Å². The number of nitrogens with two attached hydrogens (primary N) is 7. The van der Waals surface area contributed by atoms with E-state index in [-0.39, 0.29) is 114 Å². The van der Waals surface area contributed by atoms with Crippen molar-refractivity contribution in [3.63, 3.8) is 0 Å². The number of hydrogen-bond donors (Lipinski definition) is 21.